The number of benzene rings is 2. The predicted octanol–water partition coefficient (Wildman–Crippen LogP) is 2.57. The summed E-state index contributed by atoms with van der Waals surface area (Å²) in [5, 5.41) is 12.4. The number of carbonyl (C=O) groups is 1. The molecule has 4 aromatic rings. The summed E-state index contributed by atoms with van der Waals surface area (Å²) >= 11 is 0. The molecule has 0 aliphatic rings. The van der Waals surface area contributed by atoms with Crippen LogP contribution in [0.2, 0.25) is 0 Å². The largest absolute Gasteiger partial charge is 0.354 e. The summed E-state index contributed by atoms with van der Waals surface area (Å²) in [4.78, 5) is 25.1. The zero-order valence-electron chi connectivity index (χ0n) is 16.6. The van der Waals surface area contributed by atoms with Crippen molar-refractivity contribution in [2.24, 2.45) is 5.10 Å². The van der Waals surface area contributed by atoms with Gasteiger partial charge in [0.05, 0.1) is 11.9 Å². The number of nitrogens with zero attached hydrogens (tertiary/aromatic N) is 4. The van der Waals surface area contributed by atoms with E-state index in [1.807, 2.05) is 30.3 Å². The quantitative estimate of drug-likeness (QED) is 0.382. The molecule has 0 saturated carbocycles. The monoisotopic (exact) mass is 419 g/mol. The van der Waals surface area contributed by atoms with Gasteiger partial charge in [0.25, 0.3) is 11.5 Å². The van der Waals surface area contributed by atoms with Gasteiger partial charge >= 0.3 is 0 Å². The Labute approximate surface area is 176 Å². The Balaban J connectivity index is 1.57. The third-order valence-electron chi connectivity index (χ3n) is 4.60. The number of hydrogen-bond acceptors (Lipinski definition) is 6. The average Bonchev–Trinajstić information content (AvgIpc) is 3.16. The number of nitrogens with one attached hydrogen (secondary N) is 1. The zero-order chi connectivity index (χ0) is 21.8. The van der Waals surface area contributed by atoms with Gasteiger partial charge < -0.3 is 4.52 Å². The SMILES string of the molecule is Cc1noc2c(Cc3ccccc3)nn(CC(=O)N/N=C\c3ccc(F)cc3)c(=O)c12. The van der Waals surface area contributed by atoms with Crippen molar-refractivity contribution in [2.75, 3.05) is 0 Å². The third-order valence-corrected chi connectivity index (χ3v) is 4.60. The first kappa shape index (κ1) is 20.1. The van der Waals surface area contributed by atoms with Crippen LogP contribution in [-0.4, -0.2) is 27.1 Å². The van der Waals surface area contributed by atoms with Crippen LogP contribution in [-0.2, 0) is 17.8 Å². The van der Waals surface area contributed by atoms with E-state index in [4.69, 9.17) is 4.52 Å². The lowest BCUT2D eigenvalue weighted by atomic mass is 10.1. The van der Waals surface area contributed by atoms with E-state index in [2.05, 4.69) is 20.8 Å². The molecule has 9 heteroatoms. The normalized spacial score (nSPS) is 11.3. The van der Waals surface area contributed by atoms with Crippen LogP contribution < -0.4 is 11.0 Å². The number of aromatic nitrogens is 3. The van der Waals surface area contributed by atoms with E-state index in [9.17, 15) is 14.0 Å². The summed E-state index contributed by atoms with van der Waals surface area (Å²) in [6.45, 7) is 1.33. The fourth-order valence-electron chi connectivity index (χ4n) is 3.10. The molecule has 31 heavy (non-hydrogen) atoms. The molecule has 0 saturated heterocycles. The Kier molecular flexibility index (Phi) is 5.65. The zero-order valence-corrected chi connectivity index (χ0v) is 16.6. The second kappa shape index (κ2) is 8.70. The lowest BCUT2D eigenvalue weighted by Gasteiger charge is -2.07. The highest BCUT2D eigenvalue weighted by atomic mass is 19.1. The molecule has 4 rings (SSSR count). The average molecular weight is 419 g/mol. The molecule has 2 aromatic carbocycles. The van der Waals surface area contributed by atoms with Crippen molar-refractivity contribution in [3.05, 3.63) is 93.3 Å². The molecule has 8 nitrogen and oxygen atoms in total. The molecule has 0 aliphatic carbocycles. The van der Waals surface area contributed by atoms with E-state index < -0.39 is 11.5 Å². The van der Waals surface area contributed by atoms with E-state index in [-0.39, 0.29) is 12.4 Å². The summed E-state index contributed by atoms with van der Waals surface area (Å²) in [6.07, 6.45) is 1.79. The number of aryl methyl sites for hydroxylation is 1. The second-order valence-corrected chi connectivity index (χ2v) is 6.89. The van der Waals surface area contributed by atoms with Gasteiger partial charge in [-0.15, -0.1) is 0 Å². The Hall–Kier alpha value is -4.14. The van der Waals surface area contributed by atoms with Crippen LogP contribution in [0.4, 0.5) is 4.39 Å². The molecule has 0 atom stereocenters. The molecular formula is C22H18FN5O3. The maximum Gasteiger partial charge on any atom is 0.280 e. The lowest BCUT2D eigenvalue weighted by Crippen LogP contribution is -2.32. The van der Waals surface area contributed by atoms with Crippen LogP contribution in [0.15, 0.2) is 69.0 Å². The van der Waals surface area contributed by atoms with E-state index in [1.54, 1.807) is 6.92 Å². The first-order valence-electron chi connectivity index (χ1n) is 9.48. The second-order valence-electron chi connectivity index (χ2n) is 6.89. The lowest BCUT2D eigenvalue weighted by molar-refractivity contribution is -0.121. The first-order valence-corrected chi connectivity index (χ1v) is 9.48. The molecule has 156 valence electrons. The first-order chi connectivity index (χ1) is 15.0. The van der Waals surface area contributed by atoms with Crippen molar-refractivity contribution < 1.29 is 13.7 Å². The van der Waals surface area contributed by atoms with Gasteiger partial charge in [-0.3, -0.25) is 9.59 Å². The molecule has 0 aliphatic heterocycles. The van der Waals surface area contributed by atoms with Crippen molar-refractivity contribution in [2.45, 2.75) is 19.9 Å². The van der Waals surface area contributed by atoms with Crippen molar-refractivity contribution in [1.29, 1.82) is 0 Å². The topological polar surface area (TPSA) is 102 Å². The highest BCUT2D eigenvalue weighted by Gasteiger charge is 2.19. The molecular weight excluding hydrogens is 401 g/mol. The van der Waals surface area contributed by atoms with E-state index >= 15 is 0 Å². The number of hydrogen-bond donors (Lipinski definition) is 1. The highest BCUT2D eigenvalue weighted by molar-refractivity contribution is 5.83. The van der Waals surface area contributed by atoms with Gasteiger partial charge in [0.2, 0.25) is 0 Å². The molecule has 1 amide bonds. The molecule has 1 N–H and O–H groups in total. The standard InChI is InChI=1S/C22H18FN5O3/c1-14-20-21(31-27-14)18(11-15-5-3-2-4-6-15)26-28(22(20)30)13-19(29)25-24-12-16-7-9-17(23)10-8-16/h2-10,12H,11,13H2,1H3,(H,25,29)/b24-12-. The van der Waals surface area contributed by atoms with Gasteiger partial charge in [0, 0.05) is 6.42 Å². The third kappa shape index (κ3) is 4.55. The van der Waals surface area contributed by atoms with Crippen LogP contribution in [0.5, 0.6) is 0 Å². The number of rotatable bonds is 6. The highest BCUT2D eigenvalue weighted by Crippen LogP contribution is 2.19. The van der Waals surface area contributed by atoms with Crippen molar-refractivity contribution in [1.82, 2.24) is 20.4 Å². The number of halogens is 1. The minimum Gasteiger partial charge on any atom is -0.354 e. The fourth-order valence-corrected chi connectivity index (χ4v) is 3.10. The van der Waals surface area contributed by atoms with Gasteiger partial charge in [0.15, 0.2) is 5.58 Å². The van der Waals surface area contributed by atoms with Gasteiger partial charge in [0.1, 0.15) is 23.4 Å². The van der Waals surface area contributed by atoms with Gasteiger partial charge in [-0.2, -0.15) is 10.2 Å². The van der Waals surface area contributed by atoms with Crippen molar-refractivity contribution in [3.8, 4) is 0 Å². The molecule has 2 heterocycles. The van der Waals surface area contributed by atoms with E-state index in [0.717, 1.165) is 10.2 Å². The van der Waals surface area contributed by atoms with E-state index in [0.29, 0.717) is 34.3 Å². The fraction of sp³-hybridized carbons (Fsp3) is 0.136. The Morgan fingerprint density at radius 2 is 1.94 bits per heavy atom. The van der Waals surface area contributed by atoms with Crippen LogP contribution >= 0.6 is 0 Å². The summed E-state index contributed by atoms with van der Waals surface area (Å²) < 4.78 is 19.4. The van der Waals surface area contributed by atoms with Gasteiger partial charge in [-0.1, -0.05) is 47.6 Å². The molecule has 0 radical (unpaired) electrons. The minimum atomic E-state index is -0.535. The Morgan fingerprint density at radius 1 is 1.19 bits per heavy atom. The minimum absolute atomic E-state index is 0.295. The maximum atomic E-state index is 12.9. The molecule has 0 spiro atoms. The maximum absolute atomic E-state index is 12.9. The number of fused-ring (bicyclic) bond motifs is 1. The van der Waals surface area contributed by atoms with Crippen LogP contribution in [0.1, 0.15) is 22.5 Å². The van der Waals surface area contributed by atoms with Crippen LogP contribution in [0.25, 0.3) is 11.0 Å². The Bertz CT molecular complexity index is 1310. The molecule has 0 fully saturated rings. The van der Waals surface area contributed by atoms with Crippen molar-refractivity contribution in [3.63, 3.8) is 0 Å². The number of carbonyl (C=O) groups excluding carboxylic acids is 1. The van der Waals surface area contributed by atoms with Gasteiger partial charge in [-0.05, 0) is 30.2 Å². The van der Waals surface area contributed by atoms with Crippen LogP contribution in [0.3, 0.4) is 0 Å². The summed E-state index contributed by atoms with van der Waals surface area (Å²) in [5.41, 5.74) is 4.72. The Morgan fingerprint density at radius 3 is 2.68 bits per heavy atom. The summed E-state index contributed by atoms with van der Waals surface area (Å²) in [7, 11) is 0. The molecule has 0 unspecified atom stereocenters. The van der Waals surface area contributed by atoms with Crippen LogP contribution in [0, 0.1) is 12.7 Å². The smallest absolute Gasteiger partial charge is 0.280 e. The summed E-state index contributed by atoms with van der Waals surface area (Å²) in [6, 6.07) is 15.2. The van der Waals surface area contributed by atoms with Crippen molar-refractivity contribution >= 4 is 23.1 Å². The summed E-state index contributed by atoms with van der Waals surface area (Å²) in [5.74, 6) is -0.899. The number of amides is 1. The van der Waals surface area contributed by atoms with Gasteiger partial charge in [-0.25, -0.2) is 14.5 Å². The molecule has 2 aromatic heterocycles. The molecule has 0 bridgehead atoms. The van der Waals surface area contributed by atoms with E-state index in [1.165, 1.54) is 30.5 Å². The number of hydrazone groups is 1. The predicted molar refractivity (Wildman–Crippen MR) is 112 cm³/mol.